The van der Waals surface area contributed by atoms with E-state index in [4.69, 9.17) is 9.47 Å². The lowest BCUT2D eigenvalue weighted by atomic mass is 10.2. The summed E-state index contributed by atoms with van der Waals surface area (Å²) >= 11 is 0. The van der Waals surface area contributed by atoms with Crippen LogP contribution in [0, 0.1) is 11.8 Å². The van der Waals surface area contributed by atoms with E-state index >= 15 is 0 Å². The van der Waals surface area contributed by atoms with E-state index in [-0.39, 0.29) is 0 Å². The molecule has 0 radical (unpaired) electrons. The van der Waals surface area contributed by atoms with Crippen molar-refractivity contribution in [1.82, 2.24) is 0 Å². The van der Waals surface area contributed by atoms with Crippen molar-refractivity contribution >= 4 is 0 Å². The van der Waals surface area contributed by atoms with E-state index in [0.717, 1.165) is 12.8 Å². The third-order valence-electron chi connectivity index (χ3n) is 1.76. The number of aliphatic hydroxyl groups excluding tert-OH is 1. The van der Waals surface area contributed by atoms with Crippen molar-refractivity contribution in [3.63, 3.8) is 0 Å². The minimum Gasteiger partial charge on any atom is -0.377 e. The third-order valence-corrected chi connectivity index (χ3v) is 1.76. The molecule has 1 unspecified atom stereocenters. The van der Waals surface area contributed by atoms with Crippen LogP contribution in [0.15, 0.2) is 12.2 Å². The average molecular weight is 226 g/mol. The Labute approximate surface area is 98.4 Å². The summed E-state index contributed by atoms with van der Waals surface area (Å²) < 4.78 is 10.5. The molecule has 3 nitrogen and oxygen atoms in total. The van der Waals surface area contributed by atoms with Crippen LogP contribution in [0.5, 0.6) is 0 Å². The van der Waals surface area contributed by atoms with Gasteiger partial charge in [0.15, 0.2) is 0 Å². The van der Waals surface area contributed by atoms with Crippen LogP contribution in [0.1, 0.15) is 33.6 Å². The standard InChI is InChI=1S/C13H22O3/c1-4-7-8-9-12(14)10-11-13(15-5-2)16-6-3/h8-9,12-14H,4-7H2,1-3H3/b9-8+. The van der Waals surface area contributed by atoms with Crippen molar-refractivity contribution in [2.45, 2.75) is 46.0 Å². The minimum absolute atomic E-state index is 0.538. The van der Waals surface area contributed by atoms with Gasteiger partial charge >= 0.3 is 0 Å². The predicted molar refractivity (Wildman–Crippen MR) is 64.9 cm³/mol. The monoisotopic (exact) mass is 226 g/mol. The number of hydrogen-bond acceptors (Lipinski definition) is 3. The topological polar surface area (TPSA) is 38.7 Å². The molecule has 0 amide bonds. The normalized spacial score (nSPS) is 12.8. The lowest BCUT2D eigenvalue weighted by Crippen LogP contribution is -2.15. The molecule has 0 aliphatic carbocycles. The summed E-state index contributed by atoms with van der Waals surface area (Å²) in [4.78, 5) is 0. The largest absolute Gasteiger partial charge is 0.377 e. The molecule has 0 saturated carbocycles. The van der Waals surface area contributed by atoms with E-state index < -0.39 is 12.4 Å². The van der Waals surface area contributed by atoms with Crippen LogP contribution in [0.2, 0.25) is 0 Å². The van der Waals surface area contributed by atoms with Crippen LogP contribution in [-0.4, -0.2) is 30.7 Å². The molecular formula is C13H22O3. The smallest absolute Gasteiger partial charge is 0.222 e. The minimum atomic E-state index is -0.741. The maximum Gasteiger partial charge on any atom is 0.222 e. The van der Waals surface area contributed by atoms with Crippen LogP contribution in [0.25, 0.3) is 0 Å². The van der Waals surface area contributed by atoms with Crippen molar-refractivity contribution in [1.29, 1.82) is 0 Å². The van der Waals surface area contributed by atoms with Crippen molar-refractivity contribution in [3.8, 4) is 11.8 Å². The maximum absolute atomic E-state index is 9.49. The highest BCUT2D eigenvalue weighted by Crippen LogP contribution is 1.95. The summed E-state index contributed by atoms with van der Waals surface area (Å²) in [5.74, 6) is 5.43. The fourth-order valence-electron chi connectivity index (χ4n) is 1.03. The molecule has 0 rings (SSSR count). The second kappa shape index (κ2) is 10.7. The zero-order valence-electron chi connectivity index (χ0n) is 10.4. The maximum atomic E-state index is 9.49. The summed E-state index contributed by atoms with van der Waals surface area (Å²) in [5, 5.41) is 9.49. The molecule has 1 atom stereocenters. The van der Waals surface area contributed by atoms with E-state index in [1.54, 1.807) is 6.08 Å². The SMILES string of the molecule is CCC/C=C/C(O)C#CC(OCC)OCC. The van der Waals surface area contributed by atoms with Crippen molar-refractivity contribution in [2.24, 2.45) is 0 Å². The Kier molecular flexibility index (Phi) is 10.1. The molecule has 0 bridgehead atoms. The first kappa shape index (κ1) is 15.2. The van der Waals surface area contributed by atoms with Gasteiger partial charge in [0.1, 0.15) is 6.10 Å². The van der Waals surface area contributed by atoms with Crippen LogP contribution in [0.4, 0.5) is 0 Å². The van der Waals surface area contributed by atoms with Crippen molar-refractivity contribution in [2.75, 3.05) is 13.2 Å². The van der Waals surface area contributed by atoms with E-state index in [9.17, 15) is 5.11 Å². The van der Waals surface area contributed by atoms with Crippen LogP contribution in [0.3, 0.4) is 0 Å². The number of allylic oxidation sites excluding steroid dienone is 1. The van der Waals surface area contributed by atoms with E-state index in [1.165, 1.54) is 0 Å². The van der Waals surface area contributed by atoms with Gasteiger partial charge in [0, 0.05) is 13.2 Å². The fraction of sp³-hybridized carbons (Fsp3) is 0.692. The zero-order chi connectivity index (χ0) is 12.2. The number of aliphatic hydroxyl groups is 1. The van der Waals surface area contributed by atoms with Gasteiger partial charge in [-0.05, 0) is 32.3 Å². The molecule has 0 spiro atoms. The Bertz CT molecular complexity index is 231. The summed E-state index contributed by atoms with van der Waals surface area (Å²) in [7, 11) is 0. The first-order chi connectivity index (χ1) is 7.74. The van der Waals surface area contributed by atoms with Gasteiger partial charge < -0.3 is 14.6 Å². The van der Waals surface area contributed by atoms with Crippen LogP contribution >= 0.6 is 0 Å². The average Bonchev–Trinajstić information content (AvgIpc) is 2.27. The molecule has 0 heterocycles. The Hall–Kier alpha value is -0.820. The first-order valence-electron chi connectivity index (χ1n) is 5.83. The van der Waals surface area contributed by atoms with Crippen LogP contribution < -0.4 is 0 Å². The molecule has 0 saturated heterocycles. The third kappa shape index (κ3) is 8.49. The van der Waals surface area contributed by atoms with Gasteiger partial charge in [-0.1, -0.05) is 25.3 Å². The second-order valence-corrected chi connectivity index (χ2v) is 3.19. The molecule has 0 aliphatic rings. The van der Waals surface area contributed by atoms with Crippen LogP contribution in [-0.2, 0) is 9.47 Å². The Balaban J connectivity index is 4.09. The van der Waals surface area contributed by atoms with Gasteiger partial charge in [-0.25, -0.2) is 0 Å². The lowest BCUT2D eigenvalue weighted by Gasteiger charge is -2.09. The summed E-state index contributed by atoms with van der Waals surface area (Å²) in [6, 6.07) is 0. The molecule has 92 valence electrons. The van der Waals surface area contributed by atoms with Gasteiger partial charge in [-0.2, -0.15) is 0 Å². The van der Waals surface area contributed by atoms with E-state index in [2.05, 4.69) is 18.8 Å². The van der Waals surface area contributed by atoms with Crippen molar-refractivity contribution in [3.05, 3.63) is 12.2 Å². The quantitative estimate of drug-likeness (QED) is 0.410. The molecule has 0 fully saturated rings. The molecule has 0 aliphatic heterocycles. The number of rotatable bonds is 7. The molecule has 3 heteroatoms. The summed E-state index contributed by atoms with van der Waals surface area (Å²) in [5.41, 5.74) is 0. The van der Waals surface area contributed by atoms with Gasteiger partial charge in [0.2, 0.25) is 6.29 Å². The fourth-order valence-corrected chi connectivity index (χ4v) is 1.03. The number of unbranched alkanes of at least 4 members (excludes halogenated alkanes) is 1. The Morgan fingerprint density at radius 1 is 1.12 bits per heavy atom. The van der Waals surface area contributed by atoms with Gasteiger partial charge in [-0.15, -0.1) is 0 Å². The first-order valence-corrected chi connectivity index (χ1v) is 5.83. The second-order valence-electron chi connectivity index (χ2n) is 3.19. The van der Waals surface area contributed by atoms with E-state index in [1.807, 2.05) is 19.9 Å². The molecule has 1 N–H and O–H groups in total. The highest BCUT2D eigenvalue weighted by atomic mass is 16.7. The van der Waals surface area contributed by atoms with Gasteiger partial charge in [-0.3, -0.25) is 0 Å². The number of hydrogen-bond donors (Lipinski definition) is 1. The highest BCUT2D eigenvalue weighted by Gasteiger charge is 2.02. The van der Waals surface area contributed by atoms with Crippen molar-refractivity contribution < 1.29 is 14.6 Å². The molecule has 16 heavy (non-hydrogen) atoms. The molecule has 0 aromatic heterocycles. The molecule has 0 aromatic rings. The highest BCUT2D eigenvalue weighted by molar-refractivity contribution is 5.13. The summed E-state index contributed by atoms with van der Waals surface area (Å²) in [6.07, 6.45) is 4.36. The lowest BCUT2D eigenvalue weighted by molar-refractivity contribution is -0.0971. The summed E-state index contributed by atoms with van der Waals surface area (Å²) in [6.45, 7) is 6.93. The van der Waals surface area contributed by atoms with E-state index in [0.29, 0.717) is 13.2 Å². The van der Waals surface area contributed by atoms with Gasteiger partial charge in [0.25, 0.3) is 0 Å². The van der Waals surface area contributed by atoms with Gasteiger partial charge in [0.05, 0.1) is 0 Å². The zero-order valence-corrected chi connectivity index (χ0v) is 10.4. The predicted octanol–water partition coefficient (Wildman–Crippen LogP) is 2.11. The molecular weight excluding hydrogens is 204 g/mol. The Morgan fingerprint density at radius 2 is 1.75 bits per heavy atom. The number of ether oxygens (including phenoxy) is 2. The molecule has 0 aromatic carbocycles. The Morgan fingerprint density at radius 3 is 2.25 bits per heavy atom.